The molecule has 1 N–H and O–H groups in total. The molecular formula is C7H5N3O3S. The SMILES string of the molecule is Cc1nc(-c2noc(C(=O)O)n2)cs1. The van der Waals surface area contributed by atoms with E-state index in [0.29, 0.717) is 5.69 Å². The second-order valence-electron chi connectivity index (χ2n) is 2.48. The maximum absolute atomic E-state index is 10.4. The van der Waals surface area contributed by atoms with E-state index in [1.54, 1.807) is 5.38 Å². The lowest BCUT2D eigenvalue weighted by atomic mass is 10.5. The summed E-state index contributed by atoms with van der Waals surface area (Å²) in [6, 6.07) is 0. The van der Waals surface area contributed by atoms with Crippen molar-refractivity contribution in [3.05, 3.63) is 16.3 Å². The number of carboxylic acid groups (broad SMARTS) is 1. The highest BCUT2D eigenvalue weighted by atomic mass is 32.1. The average Bonchev–Trinajstić information content (AvgIpc) is 2.70. The number of thiazole rings is 1. The number of aromatic carboxylic acids is 1. The quantitative estimate of drug-likeness (QED) is 0.802. The molecule has 0 aromatic carbocycles. The zero-order valence-electron chi connectivity index (χ0n) is 7.09. The van der Waals surface area contributed by atoms with Crippen LogP contribution < -0.4 is 0 Å². The predicted molar refractivity (Wildman–Crippen MR) is 47.1 cm³/mol. The fraction of sp³-hybridized carbons (Fsp3) is 0.143. The smallest absolute Gasteiger partial charge is 0.394 e. The first-order chi connectivity index (χ1) is 6.66. The number of carboxylic acids is 1. The number of rotatable bonds is 2. The topological polar surface area (TPSA) is 89.1 Å². The highest BCUT2D eigenvalue weighted by Gasteiger charge is 2.15. The molecule has 0 fully saturated rings. The Bertz CT molecular complexity index is 476. The van der Waals surface area contributed by atoms with Gasteiger partial charge in [-0.2, -0.15) is 4.98 Å². The Morgan fingerprint density at radius 3 is 2.86 bits per heavy atom. The van der Waals surface area contributed by atoms with Crippen molar-refractivity contribution in [3.63, 3.8) is 0 Å². The normalized spacial score (nSPS) is 10.4. The van der Waals surface area contributed by atoms with E-state index in [0.717, 1.165) is 5.01 Å². The van der Waals surface area contributed by atoms with Gasteiger partial charge in [0.05, 0.1) is 5.01 Å². The highest BCUT2D eigenvalue weighted by Crippen LogP contribution is 2.18. The van der Waals surface area contributed by atoms with Crippen molar-refractivity contribution in [3.8, 4) is 11.5 Å². The molecule has 0 aliphatic heterocycles. The standard InChI is InChI=1S/C7H5N3O3S/c1-3-8-4(2-14-3)5-9-6(7(11)12)13-10-5/h2H,1H3,(H,11,12). The zero-order chi connectivity index (χ0) is 10.1. The summed E-state index contributed by atoms with van der Waals surface area (Å²) in [6.45, 7) is 1.84. The Morgan fingerprint density at radius 2 is 2.36 bits per heavy atom. The van der Waals surface area contributed by atoms with E-state index in [2.05, 4.69) is 19.6 Å². The fourth-order valence-electron chi connectivity index (χ4n) is 0.881. The van der Waals surface area contributed by atoms with Gasteiger partial charge in [-0.25, -0.2) is 9.78 Å². The number of nitrogens with zero attached hydrogens (tertiary/aromatic N) is 3. The molecule has 0 bridgehead atoms. The van der Waals surface area contributed by atoms with Crippen molar-refractivity contribution < 1.29 is 14.4 Å². The van der Waals surface area contributed by atoms with E-state index in [9.17, 15) is 4.79 Å². The molecule has 2 aromatic heterocycles. The van der Waals surface area contributed by atoms with Gasteiger partial charge >= 0.3 is 11.9 Å². The van der Waals surface area contributed by atoms with Gasteiger partial charge in [0, 0.05) is 5.38 Å². The van der Waals surface area contributed by atoms with Crippen molar-refractivity contribution in [2.75, 3.05) is 0 Å². The first-order valence-corrected chi connectivity index (χ1v) is 4.54. The maximum Gasteiger partial charge on any atom is 0.394 e. The van der Waals surface area contributed by atoms with E-state index in [1.807, 2.05) is 6.92 Å². The summed E-state index contributed by atoms with van der Waals surface area (Å²) in [7, 11) is 0. The Kier molecular flexibility index (Phi) is 2.01. The van der Waals surface area contributed by atoms with Crippen molar-refractivity contribution in [2.24, 2.45) is 0 Å². The van der Waals surface area contributed by atoms with Crippen molar-refractivity contribution in [1.82, 2.24) is 15.1 Å². The molecule has 7 heteroatoms. The highest BCUT2D eigenvalue weighted by molar-refractivity contribution is 7.09. The molecule has 6 nitrogen and oxygen atoms in total. The molecule has 2 heterocycles. The van der Waals surface area contributed by atoms with Crippen LogP contribution in [0, 0.1) is 6.92 Å². The van der Waals surface area contributed by atoms with E-state index < -0.39 is 11.9 Å². The monoisotopic (exact) mass is 211 g/mol. The molecule has 0 amide bonds. The Balaban J connectivity index is 2.38. The van der Waals surface area contributed by atoms with Crippen LogP contribution in [-0.2, 0) is 0 Å². The lowest BCUT2D eigenvalue weighted by Gasteiger charge is -1.81. The molecule has 0 saturated heterocycles. The Morgan fingerprint density at radius 1 is 1.57 bits per heavy atom. The van der Waals surface area contributed by atoms with Gasteiger partial charge in [0.2, 0.25) is 5.82 Å². The summed E-state index contributed by atoms with van der Waals surface area (Å²) in [4.78, 5) is 18.2. The summed E-state index contributed by atoms with van der Waals surface area (Å²) < 4.78 is 4.49. The maximum atomic E-state index is 10.4. The molecule has 0 atom stereocenters. The van der Waals surface area contributed by atoms with Gasteiger partial charge in [0.1, 0.15) is 5.69 Å². The average molecular weight is 211 g/mol. The third kappa shape index (κ3) is 1.49. The summed E-state index contributed by atoms with van der Waals surface area (Å²) >= 11 is 1.44. The third-order valence-corrected chi connectivity index (χ3v) is 2.23. The van der Waals surface area contributed by atoms with Gasteiger partial charge in [-0.3, -0.25) is 0 Å². The lowest BCUT2D eigenvalue weighted by molar-refractivity contribution is 0.0643. The van der Waals surface area contributed by atoms with Crippen LogP contribution in [0.5, 0.6) is 0 Å². The molecule has 0 aliphatic rings. The summed E-state index contributed by atoms with van der Waals surface area (Å²) in [5, 5.41) is 14.6. The van der Waals surface area contributed by atoms with Gasteiger partial charge in [0.25, 0.3) is 0 Å². The number of hydrogen-bond donors (Lipinski definition) is 1. The number of hydrogen-bond acceptors (Lipinski definition) is 6. The van der Waals surface area contributed by atoms with Crippen molar-refractivity contribution in [1.29, 1.82) is 0 Å². The predicted octanol–water partition coefficient (Wildman–Crippen LogP) is 1.20. The first-order valence-electron chi connectivity index (χ1n) is 3.66. The van der Waals surface area contributed by atoms with E-state index in [4.69, 9.17) is 5.11 Å². The van der Waals surface area contributed by atoms with Gasteiger partial charge in [-0.05, 0) is 6.92 Å². The minimum absolute atomic E-state index is 0.201. The number of aryl methyl sites for hydroxylation is 1. The van der Waals surface area contributed by atoms with Crippen LogP contribution >= 0.6 is 11.3 Å². The first kappa shape index (κ1) is 8.82. The van der Waals surface area contributed by atoms with Crippen molar-refractivity contribution >= 4 is 17.3 Å². The number of aromatic nitrogens is 3. The van der Waals surface area contributed by atoms with Crippen LogP contribution in [0.4, 0.5) is 0 Å². The molecule has 14 heavy (non-hydrogen) atoms. The molecule has 0 radical (unpaired) electrons. The molecule has 2 rings (SSSR count). The fourth-order valence-corrected chi connectivity index (χ4v) is 1.47. The second kappa shape index (κ2) is 3.18. The van der Waals surface area contributed by atoms with Crippen molar-refractivity contribution in [2.45, 2.75) is 6.92 Å². The minimum atomic E-state index is -1.24. The van der Waals surface area contributed by atoms with E-state index in [-0.39, 0.29) is 5.82 Å². The van der Waals surface area contributed by atoms with Crippen LogP contribution in [0.15, 0.2) is 9.90 Å². The van der Waals surface area contributed by atoms with Gasteiger partial charge in [0.15, 0.2) is 0 Å². The van der Waals surface area contributed by atoms with Gasteiger partial charge < -0.3 is 9.63 Å². The Hall–Kier alpha value is -1.76. The van der Waals surface area contributed by atoms with Gasteiger partial charge in [-0.1, -0.05) is 5.16 Å². The van der Waals surface area contributed by atoms with Crippen LogP contribution in [0.25, 0.3) is 11.5 Å². The molecule has 2 aromatic rings. The largest absolute Gasteiger partial charge is 0.474 e. The summed E-state index contributed by atoms with van der Waals surface area (Å²) in [5.41, 5.74) is 0.531. The minimum Gasteiger partial charge on any atom is -0.474 e. The third-order valence-electron chi connectivity index (χ3n) is 1.46. The van der Waals surface area contributed by atoms with E-state index >= 15 is 0 Å². The van der Waals surface area contributed by atoms with Crippen LogP contribution in [0.2, 0.25) is 0 Å². The Labute approximate surface area is 82.2 Å². The van der Waals surface area contributed by atoms with Crippen LogP contribution in [-0.4, -0.2) is 26.2 Å². The zero-order valence-corrected chi connectivity index (χ0v) is 7.91. The lowest BCUT2D eigenvalue weighted by Crippen LogP contribution is -1.95. The van der Waals surface area contributed by atoms with E-state index in [1.165, 1.54) is 11.3 Å². The molecular weight excluding hydrogens is 206 g/mol. The second-order valence-corrected chi connectivity index (χ2v) is 3.54. The molecule has 0 spiro atoms. The molecule has 72 valence electrons. The molecule has 0 aliphatic carbocycles. The molecule has 0 unspecified atom stereocenters. The summed E-state index contributed by atoms with van der Waals surface area (Å²) in [5.74, 6) is -1.46. The van der Waals surface area contributed by atoms with Crippen LogP contribution in [0.3, 0.4) is 0 Å². The van der Waals surface area contributed by atoms with Crippen LogP contribution in [0.1, 0.15) is 15.7 Å². The number of carbonyl (C=O) groups is 1. The summed E-state index contributed by atoms with van der Waals surface area (Å²) in [6.07, 6.45) is 0. The molecule has 0 saturated carbocycles. The van der Waals surface area contributed by atoms with Gasteiger partial charge in [-0.15, -0.1) is 11.3 Å².